The molecule has 0 bridgehead atoms. The number of benzene rings is 2. The Morgan fingerprint density at radius 2 is 1.54 bits per heavy atom. The van der Waals surface area contributed by atoms with Crippen LogP contribution in [0.3, 0.4) is 0 Å². The van der Waals surface area contributed by atoms with Crippen LogP contribution in [-0.2, 0) is 23.2 Å². The Hall–Kier alpha value is -3.14. The van der Waals surface area contributed by atoms with Crippen molar-refractivity contribution in [3.63, 3.8) is 0 Å². The molecular formula is C18H14F3N3O3S. The van der Waals surface area contributed by atoms with E-state index in [9.17, 15) is 26.4 Å². The SMILES string of the molecule is Cn1nc(-c2ccc(NS(=O)(=O)c3ccc(C(F)(F)F)cc3)cc2)ccc1=O. The molecule has 3 aromatic rings. The molecule has 10 heteroatoms. The number of nitrogens with zero attached hydrogens (tertiary/aromatic N) is 2. The molecule has 0 radical (unpaired) electrons. The van der Waals surface area contributed by atoms with E-state index >= 15 is 0 Å². The van der Waals surface area contributed by atoms with Crippen LogP contribution in [0.5, 0.6) is 0 Å². The van der Waals surface area contributed by atoms with Crippen molar-refractivity contribution in [3.8, 4) is 11.3 Å². The van der Waals surface area contributed by atoms with Crippen molar-refractivity contribution in [2.75, 3.05) is 4.72 Å². The molecule has 0 amide bonds. The molecule has 2 aromatic carbocycles. The minimum absolute atomic E-state index is 0.230. The molecular weight excluding hydrogens is 395 g/mol. The zero-order chi connectivity index (χ0) is 20.5. The van der Waals surface area contributed by atoms with Gasteiger partial charge in [0.15, 0.2) is 0 Å². The second kappa shape index (κ2) is 7.12. The molecule has 0 aliphatic carbocycles. The first kappa shape index (κ1) is 19.6. The summed E-state index contributed by atoms with van der Waals surface area (Å²) in [6.45, 7) is 0. The lowest BCUT2D eigenvalue weighted by Crippen LogP contribution is -2.18. The second-order valence-corrected chi connectivity index (χ2v) is 7.57. The molecule has 146 valence electrons. The highest BCUT2D eigenvalue weighted by Crippen LogP contribution is 2.30. The summed E-state index contributed by atoms with van der Waals surface area (Å²) in [5, 5.41) is 4.10. The van der Waals surface area contributed by atoms with E-state index < -0.39 is 21.8 Å². The molecule has 0 aliphatic rings. The number of aromatic nitrogens is 2. The van der Waals surface area contributed by atoms with Crippen molar-refractivity contribution in [1.29, 1.82) is 0 Å². The average Bonchev–Trinajstić information content (AvgIpc) is 2.64. The predicted octanol–water partition coefficient (Wildman–Crippen LogP) is 3.27. The van der Waals surface area contributed by atoms with Gasteiger partial charge in [0.2, 0.25) is 0 Å². The predicted molar refractivity (Wildman–Crippen MR) is 97.2 cm³/mol. The van der Waals surface area contributed by atoms with Gasteiger partial charge in [-0.25, -0.2) is 13.1 Å². The summed E-state index contributed by atoms with van der Waals surface area (Å²) in [6, 6.07) is 12.3. The van der Waals surface area contributed by atoms with Crippen molar-refractivity contribution < 1.29 is 21.6 Å². The monoisotopic (exact) mass is 409 g/mol. The standard InChI is InChI=1S/C18H14F3N3O3S/c1-24-17(25)11-10-16(22-24)12-2-6-14(7-3-12)23-28(26,27)15-8-4-13(5-9-15)18(19,20)21/h2-11,23H,1H3. The van der Waals surface area contributed by atoms with Crippen LogP contribution in [0, 0.1) is 0 Å². The van der Waals surface area contributed by atoms with Crippen LogP contribution in [0.15, 0.2) is 70.4 Å². The van der Waals surface area contributed by atoms with Gasteiger partial charge in [0.1, 0.15) is 0 Å². The lowest BCUT2D eigenvalue weighted by Gasteiger charge is -2.11. The van der Waals surface area contributed by atoms with Crippen LogP contribution in [0.25, 0.3) is 11.3 Å². The third-order valence-electron chi connectivity index (χ3n) is 3.89. The number of sulfonamides is 1. The minimum Gasteiger partial charge on any atom is -0.280 e. The maximum Gasteiger partial charge on any atom is 0.416 e. The van der Waals surface area contributed by atoms with E-state index in [0.29, 0.717) is 23.4 Å². The molecule has 1 N–H and O–H groups in total. The van der Waals surface area contributed by atoms with Gasteiger partial charge in [-0.3, -0.25) is 9.52 Å². The number of hydrogen-bond donors (Lipinski definition) is 1. The minimum atomic E-state index is -4.54. The van der Waals surface area contributed by atoms with Crippen LogP contribution in [-0.4, -0.2) is 18.2 Å². The Morgan fingerprint density at radius 3 is 2.07 bits per heavy atom. The van der Waals surface area contributed by atoms with Gasteiger partial charge in [-0.1, -0.05) is 12.1 Å². The van der Waals surface area contributed by atoms with Gasteiger partial charge in [0.25, 0.3) is 15.6 Å². The Kier molecular flexibility index (Phi) is 4.99. The number of rotatable bonds is 4. The van der Waals surface area contributed by atoms with Crippen molar-refractivity contribution in [1.82, 2.24) is 9.78 Å². The largest absolute Gasteiger partial charge is 0.416 e. The van der Waals surface area contributed by atoms with Gasteiger partial charge in [0, 0.05) is 24.4 Å². The average molecular weight is 409 g/mol. The molecule has 1 heterocycles. The third kappa shape index (κ3) is 4.22. The van der Waals surface area contributed by atoms with E-state index in [4.69, 9.17) is 0 Å². The molecule has 6 nitrogen and oxygen atoms in total. The van der Waals surface area contributed by atoms with Gasteiger partial charge in [0.05, 0.1) is 16.2 Å². The van der Waals surface area contributed by atoms with Crippen molar-refractivity contribution >= 4 is 15.7 Å². The van der Waals surface area contributed by atoms with Crippen LogP contribution >= 0.6 is 0 Å². The van der Waals surface area contributed by atoms with E-state index in [2.05, 4.69) is 9.82 Å². The van der Waals surface area contributed by atoms with Gasteiger partial charge >= 0.3 is 6.18 Å². The van der Waals surface area contributed by atoms with Crippen LogP contribution in [0.1, 0.15) is 5.56 Å². The van der Waals surface area contributed by atoms with E-state index in [1.165, 1.54) is 29.9 Å². The number of halogens is 3. The highest BCUT2D eigenvalue weighted by molar-refractivity contribution is 7.92. The molecule has 28 heavy (non-hydrogen) atoms. The molecule has 0 aliphatic heterocycles. The first-order valence-electron chi connectivity index (χ1n) is 7.91. The zero-order valence-electron chi connectivity index (χ0n) is 14.4. The fraction of sp³-hybridized carbons (Fsp3) is 0.111. The molecule has 0 saturated carbocycles. The first-order chi connectivity index (χ1) is 13.1. The Labute approximate surface area is 158 Å². The lowest BCUT2D eigenvalue weighted by molar-refractivity contribution is -0.137. The highest BCUT2D eigenvalue weighted by atomic mass is 32.2. The third-order valence-corrected chi connectivity index (χ3v) is 5.28. The summed E-state index contributed by atoms with van der Waals surface area (Å²) >= 11 is 0. The molecule has 0 unspecified atom stereocenters. The van der Waals surface area contributed by atoms with E-state index in [-0.39, 0.29) is 16.1 Å². The normalized spacial score (nSPS) is 12.0. The maximum atomic E-state index is 12.6. The van der Waals surface area contributed by atoms with Gasteiger partial charge in [-0.05, 0) is 42.5 Å². The van der Waals surface area contributed by atoms with Crippen LogP contribution in [0.2, 0.25) is 0 Å². The number of hydrogen-bond acceptors (Lipinski definition) is 4. The summed E-state index contributed by atoms with van der Waals surface area (Å²) in [7, 11) is -2.53. The Balaban J connectivity index is 1.81. The van der Waals surface area contributed by atoms with E-state index in [1.54, 1.807) is 18.2 Å². The summed E-state index contributed by atoms with van der Waals surface area (Å²) in [5.41, 5.74) is 0.228. The van der Waals surface area contributed by atoms with Crippen LogP contribution in [0.4, 0.5) is 18.9 Å². The number of alkyl halides is 3. The zero-order valence-corrected chi connectivity index (χ0v) is 15.3. The second-order valence-electron chi connectivity index (χ2n) is 5.89. The quantitative estimate of drug-likeness (QED) is 0.717. The van der Waals surface area contributed by atoms with Gasteiger partial charge in [-0.2, -0.15) is 18.3 Å². The first-order valence-corrected chi connectivity index (χ1v) is 9.39. The Bertz CT molecular complexity index is 1150. The molecule has 0 saturated heterocycles. The van der Waals surface area contributed by atoms with Crippen LogP contribution < -0.4 is 10.3 Å². The van der Waals surface area contributed by atoms with Crippen molar-refractivity contribution in [2.24, 2.45) is 7.05 Å². The molecule has 0 fully saturated rings. The summed E-state index contributed by atoms with van der Waals surface area (Å²) in [5.74, 6) is 0. The highest BCUT2D eigenvalue weighted by Gasteiger charge is 2.30. The number of aryl methyl sites for hydroxylation is 1. The van der Waals surface area contributed by atoms with Gasteiger partial charge < -0.3 is 0 Å². The lowest BCUT2D eigenvalue weighted by atomic mass is 10.1. The maximum absolute atomic E-state index is 12.6. The van der Waals surface area contributed by atoms with Crippen molar-refractivity contribution in [2.45, 2.75) is 11.1 Å². The summed E-state index contributed by atoms with van der Waals surface area (Å²) in [6.07, 6.45) is -4.54. The molecule has 0 spiro atoms. The van der Waals surface area contributed by atoms with Crippen molar-refractivity contribution in [3.05, 3.63) is 76.6 Å². The topological polar surface area (TPSA) is 81.1 Å². The number of anilines is 1. The fourth-order valence-electron chi connectivity index (χ4n) is 2.40. The molecule has 0 atom stereocenters. The van der Waals surface area contributed by atoms with E-state index in [1.807, 2.05) is 0 Å². The smallest absolute Gasteiger partial charge is 0.280 e. The number of nitrogens with one attached hydrogen (secondary N) is 1. The van der Waals surface area contributed by atoms with Gasteiger partial charge in [-0.15, -0.1) is 0 Å². The molecule has 3 rings (SSSR count). The summed E-state index contributed by atoms with van der Waals surface area (Å²) in [4.78, 5) is 11.1. The van der Waals surface area contributed by atoms with E-state index in [0.717, 1.165) is 12.1 Å². The molecule has 1 aromatic heterocycles. The summed E-state index contributed by atoms with van der Waals surface area (Å²) < 4.78 is 66.0. The Morgan fingerprint density at radius 1 is 0.929 bits per heavy atom. The fourth-order valence-corrected chi connectivity index (χ4v) is 3.46.